The normalized spacial score (nSPS) is 21.3. The Labute approximate surface area is 186 Å². The number of carbonyl (C=O) groups excluding carboxylic acids is 1. The van der Waals surface area contributed by atoms with Gasteiger partial charge in [0.2, 0.25) is 20.0 Å². The maximum Gasteiger partial charge on any atom is 0.317 e. The van der Waals surface area contributed by atoms with Crippen molar-refractivity contribution < 1.29 is 31.5 Å². The average Bonchev–Trinajstić information content (AvgIpc) is 3.31. The summed E-state index contributed by atoms with van der Waals surface area (Å²) in [5, 5.41) is 26.3. The number of fused-ring (bicyclic) bond motifs is 1. The Balaban J connectivity index is 1.70. The molecule has 2 aliphatic heterocycles. The van der Waals surface area contributed by atoms with Gasteiger partial charge in [0.15, 0.2) is 0 Å². The summed E-state index contributed by atoms with van der Waals surface area (Å²) in [6, 6.07) is 7.13. The van der Waals surface area contributed by atoms with Crippen molar-refractivity contribution in [2.75, 3.05) is 6.67 Å². The lowest BCUT2D eigenvalue weighted by molar-refractivity contribution is -0.385. The van der Waals surface area contributed by atoms with E-state index in [1.807, 2.05) is 0 Å². The summed E-state index contributed by atoms with van der Waals surface area (Å²) < 4.78 is 54.2. The second kappa shape index (κ2) is 7.73. The molecule has 2 heterocycles. The highest BCUT2D eigenvalue weighted by molar-refractivity contribution is 7.90. The van der Waals surface area contributed by atoms with Gasteiger partial charge in [0.1, 0.15) is 12.3 Å². The molecule has 2 aliphatic rings. The van der Waals surface area contributed by atoms with E-state index in [0.717, 1.165) is 57.1 Å². The molecule has 2 saturated heterocycles. The maximum atomic E-state index is 13.2. The number of hydrogen-bond donors (Lipinski definition) is 2. The van der Waals surface area contributed by atoms with Crippen LogP contribution in [0, 0.1) is 20.2 Å². The highest BCUT2D eigenvalue weighted by atomic mass is 32.2. The molecule has 2 aromatic carbocycles. The van der Waals surface area contributed by atoms with Gasteiger partial charge in [0.05, 0.1) is 26.3 Å². The highest BCUT2D eigenvalue weighted by Crippen LogP contribution is 2.33. The predicted octanol–water partition coefficient (Wildman–Crippen LogP) is 0.121. The zero-order valence-electron chi connectivity index (χ0n) is 16.3. The fourth-order valence-corrected chi connectivity index (χ4v) is 6.50. The zero-order chi connectivity index (χ0) is 24.1. The largest absolute Gasteiger partial charge is 0.318 e. The maximum absolute atomic E-state index is 13.2. The summed E-state index contributed by atoms with van der Waals surface area (Å²) in [5.74, 6) is 0. The summed E-state index contributed by atoms with van der Waals surface area (Å²) >= 11 is 0. The van der Waals surface area contributed by atoms with Gasteiger partial charge in [-0.15, -0.1) is 0 Å². The molecule has 174 valence electrons. The van der Waals surface area contributed by atoms with E-state index in [-0.39, 0.29) is 21.2 Å². The van der Waals surface area contributed by atoms with Gasteiger partial charge in [-0.3, -0.25) is 20.2 Å². The molecule has 0 spiro atoms. The van der Waals surface area contributed by atoms with Crippen LogP contribution in [0.15, 0.2) is 58.3 Å². The van der Waals surface area contributed by atoms with Gasteiger partial charge in [-0.25, -0.2) is 21.6 Å². The van der Waals surface area contributed by atoms with Gasteiger partial charge in [0.25, 0.3) is 11.4 Å². The Kier molecular flexibility index (Phi) is 5.27. The molecule has 0 radical (unpaired) electrons. The van der Waals surface area contributed by atoms with Crippen molar-refractivity contribution in [3.05, 3.63) is 68.8 Å². The zero-order valence-corrected chi connectivity index (χ0v) is 17.9. The van der Waals surface area contributed by atoms with Crippen molar-refractivity contribution in [2.45, 2.75) is 22.1 Å². The first-order chi connectivity index (χ1) is 15.4. The molecule has 2 aromatic rings. The molecule has 0 saturated carbocycles. The molecule has 2 amide bonds. The van der Waals surface area contributed by atoms with Crippen LogP contribution in [-0.2, 0) is 20.0 Å². The van der Waals surface area contributed by atoms with Crippen LogP contribution in [0.4, 0.5) is 16.2 Å². The lowest BCUT2D eigenvalue weighted by Crippen LogP contribution is -2.46. The summed E-state index contributed by atoms with van der Waals surface area (Å²) in [4.78, 5) is 31.5. The SMILES string of the molecule is O=C1N[C@@H]2[C@@H](N1)N(S(=O)(=O)c1ccc([N+](=O)[O-])cc1)CN2S(=O)(=O)c1ccc([N+](=O)[O-])cc1. The quantitative estimate of drug-likeness (QED) is 0.409. The first-order valence-electron chi connectivity index (χ1n) is 9.02. The minimum absolute atomic E-state index is 0.341. The van der Waals surface area contributed by atoms with Crippen LogP contribution in [0.25, 0.3) is 0 Å². The van der Waals surface area contributed by atoms with Crippen molar-refractivity contribution in [1.82, 2.24) is 19.2 Å². The smallest absolute Gasteiger partial charge is 0.317 e. The Hall–Kier alpha value is -3.67. The van der Waals surface area contributed by atoms with Crippen LogP contribution >= 0.6 is 0 Å². The van der Waals surface area contributed by atoms with Crippen molar-refractivity contribution >= 4 is 37.5 Å². The molecular weight excluding hydrogens is 484 g/mol. The number of nitro groups is 2. The summed E-state index contributed by atoms with van der Waals surface area (Å²) in [6.07, 6.45) is -2.60. The van der Waals surface area contributed by atoms with Crippen LogP contribution in [0.5, 0.6) is 0 Å². The van der Waals surface area contributed by atoms with E-state index in [1.165, 1.54) is 0 Å². The van der Waals surface area contributed by atoms with Gasteiger partial charge in [0, 0.05) is 24.3 Å². The lowest BCUT2D eigenvalue weighted by atomic mass is 10.3. The molecule has 2 atom stereocenters. The number of carbonyl (C=O) groups is 1. The van der Waals surface area contributed by atoms with Crippen molar-refractivity contribution in [2.24, 2.45) is 0 Å². The molecule has 17 heteroatoms. The minimum Gasteiger partial charge on any atom is -0.318 e. The number of non-ortho nitro benzene ring substituents is 2. The van der Waals surface area contributed by atoms with Crippen LogP contribution in [-0.4, -0.2) is 60.3 Å². The molecule has 0 aromatic heterocycles. The molecule has 15 nitrogen and oxygen atoms in total. The summed E-state index contributed by atoms with van der Waals surface area (Å²) in [5.41, 5.74) is -0.682. The molecule has 2 fully saturated rings. The molecule has 0 unspecified atom stereocenters. The summed E-state index contributed by atoms with van der Waals surface area (Å²) in [6.45, 7) is -0.693. The fraction of sp³-hybridized carbons (Fsp3) is 0.188. The second-order valence-electron chi connectivity index (χ2n) is 6.94. The minimum atomic E-state index is -4.39. The molecule has 0 aliphatic carbocycles. The first-order valence-corrected chi connectivity index (χ1v) is 11.9. The van der Waals surface area contributed by atoms with Gasteiger partial charge in [-0.05, 0) is 24.3 Å². The molecular formula is C16H14N6O9S2. The number of rotatable bonds is 6. The van der Waals surface area contributed by atoms with Crippen molar-refractivity contribution in [1.29, 1.82) is 0 Å². The fourth-order valence-electron chi connectivity index (χ4n) is 3.44. The van der Waals surface area contributed by atoms with E-state index in [0.29, 0.717) is 0 Å². The van der Waals surface area contributed by atoms with E-state index in [9.17, 15) is 41.9 Å². The molecule has 4 rings (SSSR count). The highest BCUT2D eigenvalue weighted by Gasteiger charge is 2.55. The van der Waals surface area contributed by atoms with Crippen molar-refractivity contribution in [3.8, 4) is 0 Å². The number of nitrogens with one attached hydrogen (secondary N) is 2. The van der Waals surface area contributed by atoms with E-state index < -0.39 is 54.9 Å². The third kappa shape index (κ3) is 3.75. The van der Waals surface area contributed by atoms with Crippen LogP contribution < -0.4 is 10.6 Å². The van der Waals surface area contributed by atoms with Gasteiger partial charge < -0.3 is 10.6 Å². The lowest BCUT2D eigenvalue weighted by Gasteiger charge is -2.21. The molecule has 2 N–H and O–H groups in total. The van der Waals surface area contributed by atoms with Crippen LogP contribution in [0.1, 0.15) is 0 Å². The Bertz CT molecular complexity index is 1260. The third-order valence-electron chi connectivity index (χ3n) is 5.06. The predicted molar refractivity (Wildman–Crippen MR) is 108 cm³/mol. The van der Waals surface area contributed by atoms with Gasteiger partial charge in [-0.2, -0.15) is 8.61 Å². The van der Waals surface area contributed by atoms with E-state index >= 15 is 0 Å². The number of benzene rings is 2. The number of nitrogens with zero attached hydrogens (tertiary/aromatic N) is 4. The second-order valence-corrected chi connectivity index (χ2v) is 10.7. The first kappa shape index (κ1) is 22.5. The summed E-state index contributed by atoms with van der Waals surface area (Å²) in [7, 11) is -8.78. The van der Waals surface area contributed by atoms with Gasteiger partial charge >= 0.3 is 6.03 Å². The molecule has 33 heavy (non-hydrogen) atoms. The topological polar surface area (TPSA) is 202 Å². The number of sulfonamides is 2. The Morgan fingerprint density at radius 3 is 1.36 bits per heavy atom. The number of urea groups is 1. The van der Waals surface area contributed by atoms with E-state index in [2.05, 4.69) is 10.6 Å². The third-order valence-corrected chi connectivity index (χ3v) is 8.72. The standard InChI is InChI=1S/C16H14N6O9S2/c23-16-17-14-15(18-16)20(33(30,31)13-7-3-11(4-8-13)22(26)27)9-19(14)32(28,29)12-5-1-10(2-6-12)21(24)25/h1-8,14-15H,9H2,(H2,17,18,23)/t14-,15-/m0/s1. The van der Waals surface area contributed by atoms with Crippen molar-refractivity contribution in [3.63, 3.8) is 0 Å². The Morgan fingerprint density at radius 1 is 0.727 bits per heavy atom. The van der Waals surface area contributed by atoms with E-state index in [1.54, 1.807) is 0 Å². The van der Waals surface area contributed by atoms with Gasteiger partial charge in [-0.1, -0.05) is 0 Å². The molecule has 0 bridgehead atoms. The number of nitro benzene ring substituents is 2. The van der Waals surface area contributed by atoms with Crippen LogP contribution in [0.2, 0.25) is 0 Å². The number of amides is 2. The van der Waals surface area contributed by atoms with Crippen LogP contribution in [0.3, 0.4) is 0 Å². The van der Waals surface area contributed by atoms with E-state index in [4.69, 9.17) is 0 Å². The Morgan fingerprint density at radius 2 is 1.06 bits per heavy atom. The average molecular weight is 498 g/mol. The number of hydrogen-bond acceptors (Lipinski definition) is 9. The monoisotopic (exact) mass is 498 g/mol.